The zero-order valence-electron chi connectivity index (χ0n) is 17.5. The van der Waals surface area contributed by atoms with E-state index in [0.29, 0.717) is 5.82 Å². The van der Waals surface area contributed by atoms with E-state index in [0.717, 1.165) is 22.4 Å². The number of aryl methyl sites for hydroxylation is 3. The third kappa shape index (κ3) is 5.75. The van der Waals surface area contributed by atoms with E-state index in [2.05, 4.69) is 20.7 Å². The van der Waals surface area contributed by atoms with Gasteiger partial charge in [0.2, 0.25) is 5.91 Å². The summed E-state index contributed by atoms with van der Waals surface area (Å²) >= 11 is 0. The maximum absolute atomic E-state index is 12.1. The van der Waals surface area contributed by atoms with Crippen LogP contribution >= 0.6 is 0 Å². The molecule has 2 amide bonds. The Bertz CT molecular complexity index is 1070. The fraction of sp³-hybridized carbons (Fsp3) is 0.227. The number of nitrogens with one attached hydrogen (secondary N) is 2. The number of carbonyl (C=O) groups is 3. The average Bonchev–Trinajstić information content (AvgIpc) is 3.28. The van der Waals surface area contributed by atoms with Gasteiger partial charge in [0.05, 0.1) is 12.1 Å². The van der Waals surface area contributed by atoms with E-state index in [9.17, 15) is 14.4 Å². The fourth-order valence-electron chi connectivity index (χ4n) is 3.05. The first-order valence-corrected chi connectivity index (χ1v) is 9.61. The summed E-state index contributed by atoms with van der Waals surface area (Å²) in [6, 6.07) is 8.84. The maximum atomic E-state index is 12.1. The molecule has 0 unspecified atom stereocenters. The Kier molecular flexibility index (Phi) is 6.76. The normalized spacial score (nSPS) is 10.4. The van der Waals surface area contributed by atoms with Crippen molar-refractivity contribution in [2.24, 2.45) is 0 Å². The molecule has 0 fully saturated rings. The number of rotatable bonds is 7. The number of aromatic nitrogens is 3. The summed E-state index contributed by atoms with van der Waals surface area (Å²) in [6.45, 7) is 5.06. The number of amides is 2. The van der Waals surface area contributed by atoms with Gasteiger partial charge < -0.3 is 15.4 Å². The standard InChI is InChI=1S/C22H23N5O4/c1-14-9-15(2)21(16(3)10-14)26-19(28)12-24-20(29)13-31-22(30)17-5-6-18(23-11-17)27-8-4-7-25-27/h4-11H,12-13H2,1-3H3,(H,24,29)(H,26,28). The van der Waals surface area contributed by atoms with Crippen molar-refractivity contribution in [1.29, 1.82) is 0 Å². The van der Waals surface area contributed by atoms with Crippen LogP contribution in [0.3, 0.4) is 0 Å². The number of ether oxygens (including phenoxy) is 1. The molecule has 3 rings (SSSR count). The van der Waals surface area contributed by atoms with Crippen LogP contribution in [0.15, 0.2) is 48.9 Å². The van der Waals surface area contributed by atoms with Crippen molar-refractivity contribution in [2.75, 3.05) is 18.5 Å². The summed E-state index contributed by atoms with van der Waals surface area (Å²) in [6.07, 6.45) is 4.69. The predicted molar refractivity (Wildman–Crippen MR) is 114 cm³/mol. The maximum Gasteiger partial charge on any atom is 0.340 e. The number of hydrogen-bond donors (Lipinski definition) is 2. The summed E-state index contributed by atoms with van der Waals surface area (Å²) in [5, 5.41) is 9.27. The number of benzene rings is 1. The largest absolute Gasteiger partial charge is 0.452 e. The number of hydrogen-bond acceptors (Lipinski definition) is 6. The molecule has 0 aliphatic rings. The number of pyridine rings is 1. The molecular formula is C22H23N5O4. The van der Waals surface area contributed by atoms with Crippen molar-refractivity contribution in [3.05, 3.63) is 71.2 Å². The van der Waals surface area contributed by atoms with Gasteiger partial charge >= 0.3 is 5.97 Å². The van der Waals surface area contributed by atoms with Crippen LogP contribution < -0.4 is 10.6 Å². The number of carbonyl (C=O) groups excluding carboxylic acids is 3. The molecule has 0 aliphatic carbocycles. The van der Waals surface area contributed by atoms with E-state index >= 15 is 0 Å². The average molecular weight is 421 g/mol. The Balaban J connectivity index is 1.44. The van der Waals surface area contributed by atoms with Gasteiger partial charge in [0.1, 0.15) is 0 Å². The monoisotopic (exact) mass is 421 g/mol. The summed E-state index contributed by atoms with van der Waals surface area (Å²) in [5.41, 5.74) is 3.92. The van der Waals surface area contributed by atoms with Crippen molar-refractivity contribution in [2.45, 2.75) is 20.8 Å². The molecule has 9 heteroatoms. The van der Waals surface area contributed by atoms with Crippen molar-refractivity contribution in [3.8, 4) is 5.82 Å². The Morgan fingerprint density at radius 2 is 1.81 bits per heavy atom. The third-order valence-corrected chi connectivity index (χ3v) is 4.44. The first-order valence-electron chi connectivity index (χ1n) is 9.61. The van der Waals surface area contributed by atoms with Crippen LogP contribution in [-0.2, 0) is 14.3 Å². The van der Waals surface area contributed by atoms with E-state index in [4.69, 9.17) is 4.74 Å². The molecule has 160 valence electrons. The number of anilines is 1. The van der Waals surface area contributed by atoms with Gasteiger partial charge in [-0.05, 0) is 50.1 Å². The van der Waals surface area contributed by atoms with Crippen LogP contribution in [0.5, 0.6) is 0 Å². The summed E-state index contributed by atoms with van der Waals surface area (Å²) in [5.74, 6) is -1.09. The quantitative estimate of drug-likeness (QED) is 0.565. The summed E-state index contributed by atoms with van der Waals surface area (Å²) in [7, 11) is 0. The Hall–Kier alpha value is -4.01. The lowest BCUT2D eigenvalue weighted by atomic mass is 10.1. The van der Waals surface area contributed by atoms with Gasteiger partial charge in [-0.3, -0.25) is 9.59 Å². The molecule has 2 aromatic heterocycles. The molecule has 2 N–H and O–H groups in total. The minimum absolute atomic E-state index is 0.201. The second-order valence-corrected chi connectivity index (χ2v) is 7.03. The Morgan fingerprint density at radius 3 is 2.42 bits per heavy atom. The predicted octanol–water partition coefficient (Wildman–Crippen LogP) is 2.10. The van der Waals surface area contributed by atoms with Crippen LogP contribution in [0, 0.1) is 20.8 Å². The lowest BCUT2D eigenvalue weighted by Gasteiger charge is -2.13. The molecule has 2 heterocycles. The van der Waals surface area contributed by atoms with Crippen LogP contribution in [0.4, 0.5) is 5.69 Å². The second kappa shape index (κ2) is 9.66. The van der Waals surface area contributed by atoms with E-state index in [1.807, 2.05) is 32.9 Å². The molecule has 31 heavy (non-hydrogen) atoms. The highest BCUT2D eigenvalue weighted by Gasteiger charge is 2.13. The van der Waals surface area contributed by atoms with Crippen molar-refractivity contribution in [3.63, 3.8) is 0 Å². The highest BCUT2D eigenvalue weighted by Crippen LogP contribution is 2.21. The van der Waals surface area contributed by atoms with Crippen LogP contribution in [0.2, 0.25) is 0 Å². The molecular weight excluding hydrogens is 398 g/mol. The van der Waals surface area contributed by atoms with E-state index in [1.165, 1.54) is 12.3 Å². The molecule has 9 nitrogen and oxygen atoms in total. The first-order chi connectivity index (χ1) is 14.8. The van der Waals surface area contributed by atoms with E-state index < -0.39 is 18.5 Å². The highest BCUT2D eigenvalue weighted by molar-refractivity contribution is 5.96. The summed E-state index contributed by atoms with van der Waals surface area (Å²) in [4.78, 5) is 40.3. The highest BCUT2D eigenvalue weighted by atomic mass is 16.5. The van der Waals surface area contributed by atoms with Crippen LogP contribution in [0.25, 0.3) is 5.82 Å². The van der Waals surface area contributed by atoms with Crippen molar-refractivity contribution < 1.29 is 19.1 Å². The zero-order chi connectivity index (χ0) is 22.4. The molecule has 0 bridgehead atoms. The molecule has 0 saturated heterocycles. The number of esters is 1. The lowest BCUT2D eigenvalue weighted by molar-refractivity contribution is -0.126. The van der Waals surface area contributed by atoms with Gasteiger partial charge in [-0.1, -0.05) is 17.7 Å². The summed E-state index contributed by atoms with van der Waals surface area (Å²) < 4.78 is 6.53. The van der Waals surface area contributed by atoms with Gasteiger partial charge in [-0.2, -0.15) is 5.10 Å². The molecule has 1 aromatic carbocycles. The zero-order valence-corrected chi connectivity index (χ0v) is 17.5. The second-order valence-electron chi connectivity index (χ2n) is 7.03. The number of nitrogens with zero attached hydrogens (tertiary/aromatic N) is 3. The van der Waals surface area contributed by atoms with Crippen LogP contribution in [-0.4, -0.2) is 45.7 Å². The Morgan fingerprint density at radius 1 is 1.06 bits per heavy atom. The SMILES string of the molecule is Cc1cc(C)c(NC(=O)CNC(=O)COC(=O)c2ccc(-n3cccn3)nc2)c(C)c1. The van der Waals surface area contributed by atoms with Gasteiger partial charge in [-0.25, -0.2) is 14.5 Å². The molecule has 0 atom stereocenters. The van der Waals surface area contributed by atoms with Crippen molar-refractivity contribution >= 4 is 23.5 Å². The van der Waals surface area contributed by atoms with Gasteiger partial charge in [-0.15, -0.1) is 0 Å². The van der Waals surface area contributed by atoms with E-state index in [1.54, 1.807) is 29.2 Å². The third-order valence-electron chi connectivity index (χ3n) is 4.44. The molecule has 0 spiro atoms. The minimum atomic E-state index is -0.690. The minimum Gasteiger partial charge on any atom is -0.452 e. The molecule has 0 aliphatic heterocycles. The lowest BCUT2D eigenvalue weighted by Crippen LogP contribution is -2.35. The Labute approximate surface area is 179 Å². The fourth-order valence-corrected chi connectivity index (χ4v) is 3.05. The molecule has 0 saturated carbocycles. The smallest absolute Gasteiger partial charge is 0.340 e. The topological polar surface area (TPSA) is 115 Å². The van der Waals surface area contributed by atoms with E-state index in [-0.39, 0.29) is 18.0 Å². The van der Waals surface area contributed by atoms with Gasteiger partial charge in [0.15, 0.2) is 12.4 Å². The van der Waals surface area contributed by atoms with Crippen molar-refractivity contribution in [1.82, 2.24) is 20.1 Å². The van der Waals surface area contributed by atoms with Crippen LogP contribution in [0.1, 0.15) is 27.0 Å². The molecule has 3 aromatic rings. The van der Waals surface area contributed by atoms with Gasteiger partial charge in [0.25, 0.3) is 5.91 Å². The first kappa shape index (κ1) is 21.7. The van der Waals surface area contributed by atoms with Gasteiger partial charge in [0, 0.05) is 24.3 Å². The molecule has 0 radical (unpaired) electrons.